The molecule has 2 aromatic rings. The van der Waals surface area contributed by atoms with E-state index in [-0.39, 0.29) is 22.2 Å². The number of nitriles is 1. The summed E-state index contributed by atoms with van der Waals surface area (Å²) in [5.74, 6) is -0.757. The molecule has 0 fully saturated rings. The summed E-state index contributed by atoms with van der Waals surface area (Å²) < 4.78 is 0. The Bertz CT molecular complexity index is 796. The average Bonchev–Trinajstić information content (AvgIpc) is 2.53. The van der Waals surface area contributed by atoms with Crippen LogP contribution in [0.3, 0.4) is 0 Å². The molecule has 0 unspecified atom stereocenters. The molecule has 24 heavy (non-hydrogen) atoms. The number of anilines is 1. The summed E-state index contributed by atoms with van der Waals surface area (Å²) in [6.45, 7) is -0.253. The molecule has 0 heterocycles. The molecule has 8 heteroatoms. The first kappa shape index (κ1) is 18.1. The predicted molar refractivity (Wildman–Crippen MR) is 93.7 cm³/mol. The standard InChI is InChI=1S/C16H10Cl3N3O2/c17-10-4-6-11(7-5-10)22(9-8-20)16(24)21-15(23)14-12(18)2-1-3-13(14)19/h1-7H,9H2,(H,21,23,24). The maximum Gasteiger partial charge on any atom is 0.329 e. The number of rotatable bonds is 3. The van der Waals surface area contributed by atoms with Crippen molar-refractivity contribution in [3.63, 3.8) is 0 Å². The maximum absolute atomic E-state index is 12.3. The van der Waals surface area contributed by atoms with E-state index in [1.165, 1.54) is 12.1 Å². The van der Waals surface area contributed by atoms with Crippen molar-refractivity contribution in [2.75, 3.05) is 11.4 Å². The molecule has 0 radical (unpaired) electrons. The third-order valence-corrected chi connectivity index (χ3v) is 3.90. The summed E-state index contributed by atoms with van der Waals surface area (Å²) in [6, 6.07) is 11.9. The summed E-state index contributed by atoms with van der Waals surface area (Å²) in [4.78, 5) is 25.7. The molecular formula is C16H10Cl3N3O2. The minimum atomic E-state index is -0.778. The van der Waals surface area contributed by atoms with Gasteiger partial charge in [-0.25, -0.2) is 4.79 Å². The van der Waals surface area contributed by atoms with E-state index in [0.29, 0.717) is 10.7 Å². The number of nitrogens with zero attached hydrogens (tertiary/aromatic N) is 2. The minimum absolute atomic E-state index is 0.0119. The number of hydrogen-bond acceptors (Lipinski definition) is 3. The Morgan fingerprint density at radius 1 is 1.04 bits per heavy atom. The van der Waals surface area contributed by atoms with Crippen LogP contribution in [0.25, 0.3) is 0 Å². The molecule has 0 aromatic heterocycles. The Morgan fingerprint density at radius 2 is 1.62 bits per heavy atom. The number of imide groups is 1. The van der Waals surface area contributed by atoms with E-state index in [9.17, 15) is 9.59 Å². The fourth-order valence-electron chi connectivity index (χ4n) is 1.91. The lowest BCUT2D eigenvalue weighted by molar-refractivity contribution is 0.0966. The number of hydrogen-bond donors (Lipinski definition) is 1. The smallest absolute Gasteiger partial charge is 0.280 e. The Morgan fingerprint density at radius 3 is 2.17 bits per heavy atom. The van der Waals surface area contributed by atoms with E-state index in [2.05, 4.69) is 5.32 Å². The van der Waals surface area contributed by atoms with Crippen LogP contribution in [0.5, 0.6) is 0 Å². The molecule has 0 saturated heterocycles. The van der Waals surface area contributed by atoms with Crippen LogP contribution < -0.4 is 10.2 Å². The zero-order valence-electron chi connectivity index (χ0n) is 12.1. The van der Waals surface area contributed by atoms with Crippen molar-refractivity contribution in [3.8, 4) is 6.07 Å². The molecule has 0 atom stereocenters. The molecule has 3 amide bonds. The van der Waals surface area contributed by atoms with Crippen LogP contribution in [0, 0.1) is 11.3 Å². The van der Waals surface area contributed by atoms with Crippen molar-refractivity contribution in [3.05, 3.63) is 63.1 Å². The van der Waals surface area contributed by atoms with Gasteiger partial charge in [0.2, 0.25) is 0 Å². The average molecular weight is 383 g/mol. The summed E-state index contributed by atoms with van der Waals surface area (Å²) >= 11 is 17.7. The highest BCUT2D eigenvalue weighted by Crippen LogP contribution is 2.24. The highest BCUT2D eigenvalue weighted by molar-refractivity contribution is 6.40. The first-order valence-electron chi connectivity index (χ1n) is 6.63. The van der Waals surface area contributed by atoms with Crippen molar-refractivity contribution in [2.45, 2.75) is 0 Å². The number of urea groups is 1. The van der Waals surface area contributed by atoms with Crippen molar-refractivity contribution < 1.29 is 9.59 Å². The normalized spacial score (nSPS) is 9.92. The third kappa shape index (κ3) is 4.18. The van der Waals surface area contributed by atoms with Crippen molar-refractivity contribution in [2.24, 2.45) is 0 Å². The number of benzene rings is 2. The van der Waals surface area contributed by atoms with E-state index < -0.39 is 11.9 Å². The largest absolute Gasteiger partial charge is 0.329 e. The second-order valence-electron chi connectivity index (χ2n) is 4.58. The van der Waals surface area contributed by atoms with E-state index in [0.717, 1.165) is 4.90 Å². The Kier molecular flexibility index (Phi) is 6.04. The molecule has 1 N–H and O–H groups in total. The predicted octanol–water partition coefficient (Wildman–Crippen LogP) is 4.53. The van der Waals surface area contributed by atoms with Crippen LogP contribution in [0.1, 0.15) is 10.4 Å². The van der Waals surface area contributed by atoms with E-state index in [1.807, 2.05) is 6.07 Å². The first-order valence-corrected chi connectivity index (χ1v) is 7.77. The third-order valence-electron chi connectivity index (χ3n) is 3.02. The Hall–Kier alpha value is -2.26. The van der Waals surface area contributed by atoms with Crippen molar-refractivity contribution in [1.29, 1.82) is 5.26 Å². The molecule has 0 spiro atoms. The number of carbonyl (C=O) groups is 2. The quantitative estimate of drug-likeness (QED) is 0.793. The molecule has 0 saturated carbocycles. The van der Waals surface area contributed by atoms with Gasteiger partial charge in [0, 0.05) is 10.7 Å². The Balaban J connectivity index is 2.23. The SMILES string of the molecule is N#CCN(C(=O)NC(=O)c1c(Cl)cccc1Cl)c1ccc(Cl)cc1. The molecule has 0 aliphatic rings. The molecular weight excluding hydrogens is 373 g/mol. The maximum atomic E-state index is 12.3. The highest BCUT2D eigenvalue weighted by atomic mass is 35.5. The number of amides is 3. The molecule has 0 bridgehead atoms. The molecule has 0 aliphatic heterocycles. The van der Waals surface area contributed by atoms with Crippen molar-refractivity contribution in [1.82, 2.24) is 5.32 Å². The highest BCUT2D eigenvalue weighted by Gasteiger charge is 2.21. The van der Waals surface area contributed by atoms with Gasteiger partial charge < -0.3 is 0 Å². The lowest BCUT2D eigenvalue weighted by atomic mass is 10.2. The first-order chi connectivity index (χ1) is 11.4. The van der Waals surface area contributed by atoms with Gasteiger partial charge in [-0.2, -0.15) is 5.26 Å². The molecule has 5 nitrogen and oxygen atoms in total. The van der Waals surface area contributed by atoms with Gasteiger partial charge in [0.15, 0.2) is 0 Å². The Labute approximate surface area is 153 Å². The second kappa shape index (κ2) is 8.02. The van der Waals surface area contributed by atoms with E-state index in [1.54, 1.807) is 30.3 Å². The molecule has 0 aliphatic carbocycles. The van der Waals surface area contributed by atoms with E-state index >= 15 is 0 Å². The van der Waals surface area contributed by atoms with Gasteiger partial charge in [-0.1, -0.05) is 40.9 Å². The summed E-state index contributed by atoms with van der Waals surface area (Å²) in [7, 11) is 0. The van der Waals surface area contributed by atoms with Gasteiger partial charge in [-0.15, -0.1) is 0 Å². The van der Waals surface area contributed by atoms with Crippen LogP contribution in [0.2, 0.25) is 15.1 Å². The zero-order valence-corrected chi connectivity index (χ0v) is 14.4. The summed E-state index contributed by atoms with van der Waals surface area (Å²) in [5, 5.41) is 11.8. The van der Waals surface area contributed by atoms with Gasteiger partial charge >= 0.3 is 6.03 Å². The topological polar surface area (TPSA) is 73.2 Å². The molecule has 2 aromatic carbocycles. The van der Waals surface area contributed by atoms with Crippen LogP contribution in [-0.4, -0.2) is 18.5 Å². The second-order valence-corrected chi connectivity index (χ2v) is 5.83. The summed E-state index contributed by atoms with van der Waals surface area (Å²) in [6.07, 6.45) is 0. The zero-order chi connectivity index (χ0) is 17.7. The molecule has 2 rings (SSSR count). The van der Waals surface area contributed by atoms with Gasteiger partial charge in [0.1, 0.15) is 6.54 Å². The van der Waals surface area contributed by atoms with Gasteiger partial charge in [-0.05, 0) is 36.4 Å². The molecule has 122 valence electrons. The number of carbonyl (C=O) groups excluding carboxylic acids is 2. The van der Waals surface area contributed by atoms with Crippen LogP contribution in [0.4, 0.5) is 10.5 Å². The number of halogens is 3. The fraction of sp³-hybridized carbons (Fsp3) is 0.0625. The van der Waals surface area contributed by atoms with Gasteiger partial charge in [0.05, 0.1) is 21.7 Å². The van der Waals surface area contributed by atoms with Crippen LogP contribution >= 0.6 is 34.8 Å². The van der Waals surface area contributed by atoms with Gasteiger partial charge in [-0.3, -0.25) is 15.0 Å². The lowest BCUT2D eigenvalue weighted by Crippen LogP contribution is -2.43. The number of nitrogens with one attached hydrogen (secondary N) is 1. The monoisotopic (exact) mass is 381 g/mol. The fourth-order valence-corrected chi connectivity index (χ4v) is 2.61. The van der Waals surface area contributed by atoms with Crippen LogP contribution in [-0.2, 0) is 0 Å². The van der Waals surface area contributed by atoms with E-state index in [4.69, 9.17) is 40.1 Å². The lowest BCUT2D eigenvalue weighted by Gasteiger charge is -2.20. The van der Waals surface area contributed by atoms with Crippen molar-refractivity contribution >= 4 is 52.4 Å². The van der Waals surface area contributed by atoms with Crippen LogP contribution in [0.15, 0.2) is 42.5 Å². The summed E-state index contributed by atoms with van der Waals surface area (Å²) in [5.41, 5.74) is 0.402. The minimum Gasteiger partial charge on any atom is -0.280 e. The van der Waals surface area contributed by atoms with Gasteiger partial charge in [0.25, 0.3) is 5.91 Å².